The van der Waals surface area contributed by atoms with Crippen LogP contribution in [-0.2, 0) is 10.8 Å². The van der Waals surface area contributed by atoms with E-state index in [-0.39, 0.29) is 22.7 Å². The van der Waals surface area contributed by atoms with E-state index in [2.05, 4.69) is 116 Å². The molecule has 3 aromatic carbocycles. The van der Waals surface area contributed by atoms with Crippen LogP contribution in [0, 0.1) is 51.4 Å². The Hall–Kier alpha value is -3.26. The maximum Gasteiger partial charge on any atom is 0.170 e. The average molecular weight is 503 g/mol. The number of fused-ring (bicyclic) bond motifs is 2. The normalized spacial score (nSPS) is 27.8. The first-order valence-electron chi connectivity index (χ1n) is 14.2. The van der Waals surface area contributed by atoms with Gasteiger partial charge in [-0.05, 0) is 108 Å². The molecule has 2 heteroatoms. The summed E-state index contributed by atoms with van der Waals surface area (Å²) >= 11 is 0. The SMILES string of the molecule is Cc1cc2c(cc1C)OC1=CC3C(C=C1O2)C1(C(C)C)c2ccccc2C3(C(C)C)c2cc(C)c(C)cc21. The third-order valence-corrected chi connectivity index (χ3v) is 10.5. The number of ether oxygens (including phenoxy) is 2. The van der Waals surface area contributed by atoms with Crippen LogP contribution >= 0.6 is 0 Å². The Labute approximate surface area is 227 Å². The van der Waals surface area contributed by atoms with Crippen LogP contribution in [0.3, 0.4) is 0 Å². The lowest BCUT2D eigenvalue weighted by atomic mass is 9.36. The Morgan fingerprint density at radius 3 is 1.29 bits per heavy atom. The molecular weight excluding hydrogens is 464 g/mol. The van der Waals surface area contributed by atoms with Gasteiger partial charge in [0, 0.05) is 22.7 Å². The summed E-state index contributed by atoms with van der Waals surface area (Å²) in [6.07, 6.45) is 4.87. The Balaban J connectivity index is 1.57. The first-order chi connectivity index (χ1) is 18.1. The van der Waals surface area contributed by atoms with E-state index in [1.807, 2.05) is 0 Å². The molecule has 3 aromatic rings. The molecule has 0 amide bonds. The van der Waals surface area contributed by atoms with Crippen LogP contribution in [0.2, 0.25) is 0 Å². The molecule has 5 aliphatic rings. The molecule has 8 rings (SSSR count). The lowest BCUT2D eigenvalue weighted by molar-refractivity contribution is 0.0878. The van der Waals surface area contributed by atoms with Gasteiger partial charge in [0.2, 0.25) is 0 Å². The zero-order valence-electron chi connectivity index (χ0n) is 23.9. The zero-order valence-corrected chi connectivity index (χ0v) is 23.9. The highest BCUT2D eigenvalue weighted by atomic mass is 16.6. The summed E-state index contributed by atoms with van der Waals surface area (Å²) in [4.78, 5) is 0. The van der Waals surface area contributed by atoms with E-state index in [0.717, 1.165) is 23.0 Å². The molecule has 1 aliphatic heterocycles. The maximum atomic E-state index is 6.63. The number of benzene rings is 3. The van der Waals surface area contributed by atoms with E-state index in [4.69, 9.17) is 9.47 Å². The Bertz CT molecular complexity index is 1470. The Morgan fingerprint density at radius 1 is 0.553 bits per heavy atom. The standard InChI is InChI=1S/C36H38O2/c1-19(2)35-25-11-9-10-12-26(25)36(20(3)4,28-14-22(6)21(5)13-27(28)35)30-18-34-33(17-29(30)35)37-31-15-23(7)24(8)16-32(31)38-34/h9-20,29-30H,1-8H3. The average Bonchev–Trinajstić information content (AvgIpc) is 2.87. The van der Waals surface area contributed by atoms with E-state index in [1.54, 1.807) is 0 Å². The summed E-state index contributed by atoms with van der Waals surface area (Å²) in [5.74, 6) is 4.72. The molecule has 4 aliphatic carbocycles. The van der Waals surface area contributed by atoms with Crippen molar-refractivity contribution >= 4 is 0 Å². The quantitative estimate of drug-likeness (QED) is 0.349. The van der Waals surface area contributed by atoms with Crippen LogP contribution in [0.1, 0.15) is 72.2 Å². The number of rotatable bonds is 2. The summed E-state index contributed by atoms with van der Waals surface area (Å²) in [6.45, 7) is 18.5. The van der Waals surface area contributed by atoms with Crippen LogP contribution in [0.5, 0.6) is 11.5 Å². The van der Waals surface area contributed by atoms with E-state index >= 15 is 0 Å². The van der Waals surface area contributed by atoms with Crippen LogP contribution in [0.25, 0.3) is 0 Å². The first-order valence-corrected chi connectivity index (χ1v) is 14.2. The molecule has 194 valence electrons. The summed E-state index contributed by atoms with van der Waals surface area (Å²) in [7, 11) is 0. The van der Waals surface area contributed by atoms with Crippen LogP contribution in [0.15, 0.2) is 72.2 Å². The molecule has 2 bridgehead atoms. The molecule has 1 heterocycles. The maximum absolute atomic E-state index is 6.63. The van der Waals surface area contributed by atoms with Crippen molar-refractivity contribution in [3.63, 3.8) is 0 Å². The van der Waals surface area contributed by atoms with Crippen molar-refractivity contribution in [3.8, 4) is 11.5 Å². The van der Waals surface area contributed by atoms with Gasteiger partial charge in [-0.1, -0.05) is 64.1 Å². The van der Waals surface area contributed by atoms with Crippen molar-refractivity contribution in [2.45, 2.75) is 66.2 Å². The van der Waals surface area contributed by atoms with E-state index in [0.29, 0.717) is 11.8 Å². The van der Waals surface area contributed by atoms with Crippen molar-refractivity contribution in [2.75, 3.05) is 0 Å². The smallest absolute Gasteiger partial charge is 0.170 e. The van der Waals surface area contributed by atoms with Crippen molar-refractivity contribution in [2.24, 2.45) is 23.7 Å². The van der Waals surface area contributed by atoms with Gasteiger partial charge in [-0.25, -0.2) is 0 Å². The fourth-order valence-corrected chi connectivity index (χ4v) is 8.58. The molecule has 0 saturated carbocycles. The molecule has 0 N–H and O–H groups in total. The molecule has 38 heavy (non-hydrogen) atoms. The summed E-state index contributed by atoms with van der Waals surface area (Å²) in [6, 6.07) is 18.6. The van der Waals surface area contributed by atoms with Crippen LogP contribution < -0.4 is 9.47 Å². The van der Waals surface area contributed by atoms with E-state index in [1.165, 1.54) is 44.5 Å². The lowest BCUT2D eigenvalue weighted by Crippen LogP contribution is -2.63. The highest BCUT2D eigenvalue weighted by molar-refractivity contribution is 5.69. The molecule has 0 radical (unpaired) electrons. The van der Waals surface area contributed by atoms with Gasteiger partial charge in [0.05, 0.1) is 0 Å². The van der Waals surface area contributed by atoms with E-state index < -0.39 is 0 Å². The summed E-state index contributed by atoms with van der Waals surface area (Å²) in [5.41, 5.74) is 10.9. The van der Waals surface area contributed by atoms with Gasteiger partial charge < -0.3 is 9.47 Å². The zero-order chi connectivity index (χ0) is 26.7. The second kappa shape index (κ2) is 7.65. The molecule has 0 spiro atoms. The monoisotopic (exact) mass is 502 g/mol. The fourth-order valence-electron chi connectivity index (χ4n) is 8.58. The van der Waals surface area contributed by atoms with Crippen LogP contribution in [-0.4, -0.2) is 0 Å². The second-order valence-electron chi connectivity index (χ2n) is 12.8. The molecular formula is C36H38O2. The van der Waals surface area contributed by atoms with Gasteiger partial charge in [0.15, 0.2) is 23.0 Å². The fraction of sp³-hybridized carbons (Fsp3) is 0.389. The molecule has 0 saturated heterocycles. The number of aryl methyl sites for hydroxylation is 4. The summed E-state index contributed by atoms with van der Waals surface area (Å²) in [5, 5.41) is 0. The topological polar surface area (TPSA) is 18.5 Å². The van der Waals surface area contributed by atoms with Gasteiger partial charge >= 0.3 is 0 Å². The first kappa shape index (κ1) is 23.8. The Morgan fingerprint density at radius 2 is 0.921 bits per heavy atom. The highest BCUT2D eigenvalue weighted by Crippen LogP contribution is 2.70. The predicted molar refractivity (Wildman–Crippen MR) is 154 cm³/mol. The third-order valence-electron chi connectivity index (χ3n) is 10.5. The number of hydrogen-bond donors (Lipinski definition) is 0. The number of allylic oxidation sites excluding steroid dienone is 2. The number of hydrogen-bond acceptors (Lipinski definition) is 2. The van der Waals surface area contributed by atoms with Crippen molar-refractivity contribution in [3.05, 3.63) is 117 Å². The largest absolute Gasteiger partial charge is 0.450 e. The minimum Gasteiger partial charge on any atom is -0.450 e. The van der Waals surface area contributed by atoms with Gasteiger partial charge in [-0.3, -0.25) is 0 Å². The molecule has 0 aromatic heterocycles. The van der Waals surface area contributed by atoms with E-state index in [9.17, 15) is 0 Å². The Kier molecular flexibility index (Phi) is 4.80. The molecule has 4 unspecified atom stereocenters. The van der Waals surface area contributed by atoms with Crippen molar-refractivity contribution < 1.29 is 9.47 Å². The molecule has 0 fully saturated rings. The van der Waals surface area contributed by atoms with Crippen molar-refractivity contribution in [1.29, 1.82) is 0 Å². The minimum atomic E-state index is -0.145. The molecule has 2 nitrogen and oxygen atoms in total. The minimum absolute atomic E-state index is 0.145. The van der Waals surface area contributed by atoms with Gasteiger partial charge in [-0.2, -0.15) is 0 Å². The van der Waals surface area contributed by atoms with Gasteiger partial charge in [0.1, 0.15) is 0 Å². The van der Waals surface area contributed by atoms with Gasteiger partial charge in [0.25, 0.3) is 0 Å². The second-order valence-corrected chi connectivity index (χ2v) is 12.8. The molecule has 4 atom stereocenters. The third kappa shape index (κ3) is 2.64. The van der Waals surface area contributed by atoms with Crippen molar-refractivity contribution in [1.82, 2.24) is 0 Å². The lowest BCUT2D eigenvalue weighted by Gasteiger charge is -2.66. The highest BCUT2D eigenvalue weighted by Gasteiger charge is 2.67. The van der Waals surface area contributed by atoms with Gasteiger partial charge in [-0.15, -0.1) is 0 Å². The predicted octanol–water partition coefficient (Wildman–Crippen LogP) is 8.62. The summed E-state index contributed by atoms with van der Waals surface area (Å²) < 4.78 is 13.3. The van der Waals surface area contributed by atoms with Crippen LogP contribution in [0.4, 0.5) is 0 Å².